The second-order valence-electron chi connectivity index (χ2n) is 4.85. The summed E-state index contributed by atoms with van der Waals surface area (Å²) in [5.74, 6) is 0. The molecule has 94 valence electrons. The lowest BCUT2D eigenvalue weighted by Crippen LogP contribution is -2.48. The van der Waals surface area contributed by atoms with Crippen LogP contribution in [0.3, 0.4) is 0 Å². The minimum atomic E-state index is -0.531. The van der Waals surface area contributed by atoms with Gasteiger partial charge in [-0.05, 0) is 25.0 Å². The van der Waals surface area contributed by atoms with E-state index in [0.29, 0.717) is 0 Å². The Morgan fingerprint density at radius 1 is 0.944 bits per heavy atom. The molecule has 2 heteroatoms. The zero-order chi connectivity index (χ0) is 13.0. The molecular weight excluding hydrogens is 220 g/mol. The van der Waals surface area contributed by atoms with Crippen LogP contribution in [0, 0.1) is 0 Å². The summed E-state index contributed by atoms with van der Waals surface area (Å²) in [6.07, 6.45) is 0. The molecule has 0 aliphatic heterocycles. The molecule has 18 heavy (non-hydrogen) atoms. The summed E-state index contributed by atoms with van der Waals surface area (Å²) in [5, 5.41) is 3.47. The van der Waals surface area contributed by atoms with Gasteiger partial charge < -0.3 is 5.73 Å². The van der Waals surface area contributed by atoms with E-state index in [1.807, 2.05) is 55.5 Å². The number of hydrogen-bond acceptors (Lipinski definition) is 2. The molecule has 3 N–H and O–H groups in total. The van der Waals surface area contributed by atoms with Crippen molar-refractivity contribution in [2.24, 2.45) is 5.73 Å². The summed E-state index contributed by atoms with van der Waals surface area (Å²) in [7, 11) is 0. The third kappa shape index (κ3) is 2.97. The molecule has 0 amide bonds. The Kier molecular flexibility index (Phi) is 3.80. The molecule has 0 aliphatic rings. The van der Waals surface area contributed by atoms with Gasteiger partial charge in [-0.15, -0.1) is 0 Å². The van der Waals surface area contributed by atoms with Gasteiger partial charge in [-0.25, -0.2) is 0 Å². The number of rotatable bonds is 4. The predicted molar refractivity (Wildman–Crippen MR) is 76.0 cm³/mol. The van der Waals surface area contributed by atoms with E-state index in [4.69, 9.17) is 5.73 Å². The average Bonchev–Trinajstić information content (AvgIpc) is 2.40. The fourth-order valence-electron chi connectivity index (χ4n) is 2.14. The predicted octanol–water partition coefficient (Wildman–Crippen LogP) is 3.17. The van der Waals surface area contributed by atoms with Gasteiger partial charge in [0, 0.05) is 6.04 Å². The highest BCUT2D eigenvalue weighted by Crippen LogP contribution is 2.20. The molecule has 0 saturated heterocycles. The average molecular weight is 240 g/mol. The molecule has 1 unspecified atom stereocenters. The maximum atomic E-state index is 6.37. The van der Waals surface area contributed by atoms with Crippen LogP contribution in [0.1, 0.15) is 31.0 Å². The fraction of sp³-hybridized carbons (Fsp3) is 0.250. The van der Waals surface area contributed by atoms with Crippen LogP contribution in [0.4, 0.5) is 0 Å². The van der Waals surface area contributed by atoms with E-state index >= 15 is 0 Å². The van der Waals surface area contributed by atoms with Gasteiger partial charge >= 0.3 is 0 Å². The highest BCUT2D eigenvalue weighted by Gasteiger charge is 2.22. The van der Waals surface area contributed by atoms with Crippen LogP contribution in [-0.2, 0) is 5.66 Å². The van der Waals surface area contributed by atoms with Gasteiger partial charge in [0.2, 0.25) is 0 Å². The van der Waals surface area contributed by atoms with Gasteiger partial charge in [-0.3, -0.25) is 5.32 Å². The Bertz CT molecular complexity index is 477. The maximum Gasteiger partial charge on any atom is 0.0900 e. The van der Waals surface area contributed by atoms with E-state index in [9.17, 15) is 0 Å². The van der Waals surface area contributed by atoms with Crippen molar-refractivity contribution >= 4 is 0 Å². The van der Waals surface area contributed by atoms with E-state index in [1.54, 1.807) is 0 Å². The number of benzene rings is 2. The topological polar surface area (TPSA) is 38.0 Å². The van der Waals surface area contributed by atoms with Crippen LogP contribution in [0.15, 0.2) is 60.7 Å². The SMILES string of the molecule is C[C@@H](NC(C)(N)c1ccccc1)c1ccccc1. The lowest BCUT2D eigenvalue weighted by molar-refractivity contribution is 0.338. The van der Waals surface area contributed by atoms with Crippen molar-refractivity contribution in [1.82, 2.24) is 5.32 Å². The second-order valence-corrected chi connectivity index (χ2v) is 4.85. The molecule has 0 spiro atoms. The van der Waals surface area contributed by atoms with E-state index in [2.05, 4.69) is 24.4 Å². The quantitative estimate of drug-likeness (QED) is 0.806. The highest BCUT2D eigenvalue weighted by atomic mass is 15.1. The second kappa shape index (κ2) is 5.34. The summed E-state index contributed by atoms with van der Waals surface area (Å²) in [5.41, 5.74) is 8.17. The molecular formula is C16H20N2. The first kappa shape index (κ1) is 12.8. The Labute approximate surface area is 109 Å². The number of nitrogens with two attached hydrogens (primary N) is 1. The van der Waals surface area contributed by atoms with Crippen LogP contribution in [0.25, 0.3) is 0 Å². The van der Waals surface area contributed by atoms with Gasteiger partial charge in [0.15, 0.2) is 0 Å². The molecule has 2 nitrogen and oxygen atoms in total. The summed E-state index contributed by atoms with van der Waals surface area (Å²) in [4.78, 5) is 0. The molecule has 0 heterocycles. The summed E-state index contributed by atoms with van der Waals surface area (Å²) in [6.45, 7) is 4.13. The van der Waals surface area contributed by atoms with Gasteiger partial charge in [0.05, 0.1) is 5.66 Å². The molecule has 2 atom stereocenters. The molecule has 0 bridgehead atoms. The van der Waals surface area contributed by atoms with E-state index in [0.717, 1.165) is 5.56 Å². The Balaban J connectivity index is 2.14. The summed E-state index contributed by atoms with van der Waals surface area (Å²) < 4.78 is 0. The third-order valence-corrected chi connectivity index (χ3v) is 3.19. The first-order valence-electron chi connectivity index (χ1n) is 6.26. The van der Waals surface area contributed by atoms with Crippen LogP contribution >= 0.6 is 0 Å². The van der Waals surface area contributed by atoms with Crippen molar-refractivity contribution in [3.05, 3.63) is 71.8 Å². The van der Waals surface area contributed by atoms with Gasteiger partial charge in [-0.1, -0.05) is 60.7 Å². The highest BCUT2D eigenvalue weighted by molar-refractivity contribution is 5.24. The molecule has 0 saturated carbocycles. The largest absolute Gasteiger partial charge is 0.310 e. The lowest BCUT2D eigenvalue weighted by Gasteiger charge is -2.31. The first-order valence-corrected chi connectivity index (χ1v) is 6.26. The standard InChI is InChI=1S/C16H20N2/c1-13(14-9-5-3-6-10-14)18-16(2,17)15-11-7-4-8-12-15/h3-13,18H,17H2,1-2H3/t13-,16?/m1/s1. The van der Waals surface area contributed by atoms with Crippen LogP contribution in [0.2, 0.25) is 0 Å². The first-order chi connectivity index (χ1) is 8.59. The number of hydrogen-bond donors (Lipinski definition) is 2. The molecule has 0 radical (unpaired) electrons. The zero-order valence-electron chi connectivity index (χ0n) is 10.9. The summed E-state index contributed by atoms with van der Waals surface area (Å²) >= 11 is 0. The molecule has 0 fully saturated rings. The zero-order valence-corrected chi connectivity index (χ0v) is 10.9. The minimum absolute atomic E-state index is 0.210. The summed E-state index contributed by atoms with van der Waals surface area (Å²) in [6, 6.07) is 20.7. The van der Waals surface area contributed by atoms with E-state index in [1.165, 1.54) is 5.56 Å². The van der Waals surface area contributed by atoms with Crippen molar-refractivity contribution in [2.75, 3.05) is 0 Å². The van der Waals surface area contributed by atoms with Gasteiger partial charge in [0.25, 0.3) is 0 Å². The Hall–Kier alpha value is -1.64. The minimum Gasteiger partial charge on any atom is -0.310 e. The van der Waals surface area contributed by atoms with Crippen molar-refractivity contribution < 1.29 is 0 Å². The lowest BCUT2D eigenvalue weighted by atomic mass is 9.99. The fourth-order valence-corrected chi connectivity index (χ4v) is 2.14. The van der Waals surface area contributed by atoms with Crippen LogP contribution in [-0.4, -0.2) is 0 Å². The van der Waals surface area contributed by atoms with E-state index < -0.39 is 5.66 Å². The molecule has 2 rings (SSSR count). The third-order valence-electron chi connectivity index (χ3n) is 3.19. The molecule has 0 aromatic heterocycles. The van der Waals surface area contributed by atoms with Crippen molar-refractivity contribution in [3.8, 4) is 0 Å². The molecule has 2 aromatic carbocycles. The van der Waals surface area contributed by atoms with Crippen molar-refractivity contribution in [2.45, 2.75) is 25.6 Å². The molecule has 0 aliphatic carbocycles. The van der Waals surface area contributed by atoms with Crippen LogP contribution < -0.4 is 11.1 Å². The maximum absolute atomic E-state index is 6.37. The molecule has 2 aromatic rings. The van der Waals surface area contributed by atoms with Crippen molar-refractivity contribution in [1.29, 1.82) is 0 Å². The monoisotopic (exact) mass is 240 g/mol. The van der Waals surface area contributed by atoms with Crippen LogP contribution in [0.5, 0.6) is 0 Å². The number of nitrogens with one attached hydrogen (secondary N) is 1. The smallest absolute Gasteiger partial charge is 0.0900 e. The van der Waals surface area contributed by atoms with E-state index in [-0.39, 0.29) is 6.04 Å². The van der Waals surface area contributed by atoms with Crippen molar-refractivity contribution in [3.63, 3.8) is 0 Å². The normalized spacial score (nSPS) is 15.9. The van der Waals surface area contributed by atoms with Gasteiger partial charge in [-0.2, -0.15) is 0 Å². The Morgan fingerprint density at radius 2 is 1.44 bits per heavy atom. The van der Waals surface area contributed by atoms with Gasteiger partial charge in [0.1, 0.15) is 0 Å². The Morgan fingerprint density at radius 3 is 2.00 bits per heavy atom.